The van der Waals surface area contributed by atoms with E-state index in [2.05, 4.69) is 40.7 Å². The third kappa shape index (κ3) is 7.35. The number of rotatable bonds is 5. The molecule has 1 aliphatic carbocycles. The smallest absolute Gasteiger partial charge is 0.428 e. The second-order valence-electron chi connectivity index (χ2n) is 9.87. The van der Waals surface area contributed by atoms with E-state index in [1.54, 1.807) is 26.8 Å². The van der Waals surface area contributed by atoms with Crippen LogP contribution in [0.4, 0.5) is 4.79 Å². The van der Waals surface area contributed by atoms with Crippen molar-refractivity contribution in [2.75, 3.05) is 0 Å². The molecule has 0 heterocycles. The summed E-state index contributed by atoms with van der Waals surface area (Å²) in [5.41, 5.74) is 0.156. The molecule has 0 bridgehead atoms. The summed E-state index contributed by atoms with van der Waals surface area (Å²) in [6.07, 6.45) is 4.76. The van der Waals surface area contributed by atoms with Crippen LogP contribution in [0.3, 0.4) is 0 Å². The monoisotopic (exact) mass is 364 g/mol. The summed E-state index contributed by atoms with van der Waals surface area (Å²) >= 11 is 0. The van der Waals surface area contributed by atoms with E-state index >= 15 is 0 Å². The van der Waals surface area contributed by atoms with Crippen molar-refractivity contribution in [1.29, 1.82) is 0 Å². The molecule has 148 valence electrons. The second kappa shape index (κ2) is 8.41. The van der Waals surface area contributed by atoms with Gasteiger partial charge in [-0.15, -0.1) is 0 Å². The first-order chi connectivity index (χ1) is 11.7. The molecule has 4 heteroatoms. The number of hydrogen-bond acceptors (Lipinski definition) is 4. The van der Waals surface area contributed by atoms with Gasteiger partial charge in [-0.25, -0.2) is 4.79 Å². The maximum absolute atomic E-state index is 12.2. The Bertz CT molecular complexity index is 582. The summed E-state index contributed by atoms with van der Waals surface area (Å²) in [5, 5.41) is 0. The van der Waals surface area contributed by atoms with E-state index in [0.29, 0.717) is 29.6 Å². The van der Waals surface area contributed by atoms with Gasteiger partial charge in [-0.1, -0.05) is 40.7 Å². The molecule has 0 saturated heterocycles. The molecule has 2 unspecified atom stereocenters. The fraction of sp³-hybridized carbons (Fsp3) is 0.727. The summed E-state index contributed by atoms with van der Waals surface area (Å²) in [4.78, 5) is 24.2. The minimum atomic E-state index is -0.774. The first-order valence-corrected chi connectivity index (χ1v) is 9.53. The lowest BCUT2D eigenvalue weighted by Crippen LogP contribution is -2.28. The predicted octanol–water partition coefficient (Wildman–Crippen LogP) is 6.07. The molecule has 0 aromatic carbocycles. The minimum Gasteiger partial charge on any atom is -0.428 e. The first kappa shape index (κ1) is 22.5. The Balaban J connectivity index is 3.00. The summed E-state index contributed by atoms with van der Waals surface area (Å²) in [5.74, 6) is 1.49. The van der Waals surface area contributed by atoms with Crippen LogP contribution < -0.4 is 0 Å². The molecule has 0 aliphatic heterocycles. The molecular weight excluding hydrogens is 328 g/mol. The number of ether oxygens (including phenoxy) is 2. The highest BCUT2D eigenvalue weighted by Gasteiger charge is 2.32. The molecule has 0 radical (unpaired) electrons. The maximum atomic E-state index is 12.2. The van der Waals surface area contributed by atoms with Gasteiger partial charge in [0.2, 0.25) is 0 Å². The van der Waals surface area contributed by atoms with Crippen molar-refractivity contribution in [3.05, 3.63) is 23.5 Å². The highest BCUT2D eigenvalue weighted by atomic mass is 16.7. The van der Waals surface area contributed by atoms with Crippen molar-refractivity contribution in [1.82, 2.24) is 0 Å². The SMILES string of the molecule is CC(=O)C1=C(OC(=O)OC(C)(C)C)C=CC(C(CC(C)(C)C)C(C)C)C1. The molecule has 0 amide bonds. The van der Waals surface area contributed by atoms with Gasteiger partial charge in [0.05, 0.1) is 0 Å². The fourth-order valence-corrected chi connectivity index (χ4v) is 3.37. The number of allylic oxidation sites excluding steroid dienone is 3. The van der Waals surface area contributed by atoms with Gasteiger partial charge < -0.3 is 9.47 Å². The van der Waals surface area contributed by atoms with Crippen molar-refractivity contribution in [2.45, 2.75) is 80.8 Å². The summed E-state index contributed by atoms with van der Waals surface area (Å²) in [7, 11) is 0. The van der Waals surface area contributed by atoms with Crippen molar-refractivity contribution >= 4 is 11.9 Å². The lowest BCUT2D eigenvalue weighted by Gasteiger charge is -2.35. The minimum absolute atomic E-state index is 0.0591. The molecule has 0 aromatic heterocycles. The molecule has 0 saturated carbocycles. The van der Waals surface area contributed by atoms with E-state index < -0.39 is 11.8 Å². The Morgan fingerprint density at radius 1 is 1.15 bits per heavy atom. The maximum Gasteiger partial charge on any atom is 0.514 e. The third-order valence-corrected chi connectivity index (χ3v) is 4.49. The summed E-state index contributed by atoms with van der Waals surface area (Å²) < 4.78 is 10.5. The van der Waals surface area contributed by atoms with Gasteiger partial charge in [-0.05, 0) is 69.8 Å². The van der Waals surface area contributed by atoms with Gasteiger partial charge >= 0.3 is 6.16 Å². The molecule has 2 atom stereocenters. The zero-order chi connectivity index (χ0) is 20.3. The van der Waals surface area contributed by atoms with Crippen LogP contribution in [0, 0.1) is 23.2 Å². The summed E-state index contributed by atoms with van der Waals surface area (Å²) in [6, 6.07) is 0. The first-order valence-electron chi connectivity index (χ1n) is 9.53. The van der Waals surface area contributed by atoms with Crippen LogP contribution in [-0.4, -0.2) is 17.5 Å². The van der Waals surface area contributed by atoms with E-state index in [1.165, 1.54) is 6.92 Å². The number of carbonyl (C=O) groups is 2. The quantitative estimate of drug-likeness (QED) is 0.556. The lowest BCUT2D eigenvalue weighted by molar-refractivity contribution is -0.114. The number of ketones is 1. The fourth-order valence-electron chi connectivity index (χ4n) is 3.37. The lowest BCUT2D eigenvalue weighted by atomic mass is 9.70. The standard InChI is InChI=1S/C22H36O4/c1-14(2)18(13-21(4,5)6)16-10-11-19(17(12-16)15(3)23)25-20(24)26-22(7,8)9/h10-11,14,16,18H,12-13H2,1-9H3. The predicted molar refractivity (Wildman–Crippen MR) is 105 cm³/mol. The zero-order valence-corrected chi connectivity index (χ0v) is 17.9. The zero-order valence-electron chi connectivity index (χ0n) is 17.9. The van der Waals surface area contributed by atoms with Crippen molar-refractivity contribution in [3.63, 3.8) is 0 Å². The molecule has 0 spiro atoms. The molecule has 1 rings (SSSR count). The second-order valence-corrected chi connectivity index (χ2v) is 9.87. The highest BCUT2D eigenvalue weighted by Crippen LogP contribution is 2.40. The van der Waals surface area contributed by atoms with Crippen molar-refractivity contribution in [2.24, 2.45) is 23.2 Å². The molecule has 0 fully saturated rings. The van der Waals surface area contributed by atoms with Gasteiger partial charge in [0.1, 0.15) is 11.4 Å². The van der Waals surface area contributed by atoms with E-state index in [1.807, 2.05) is 0 Å². The van der Waals surface area contributed by atoms with Crippen molar-refractivity contribution in [3.8, 4) is 0 Å². The van der Waals surface area contributed by atoms with Crippen LogP contribution in [-0.2, 0) is 14.3 Å². The van der Waals surface area contributed by atoms with E-state index in [-0.39, 0.29) is 17.1 Å². The van der Waals surface area contributed by atoms with Crippen LogP contribution in [0.5, 0.6) is 0 Å². The molecular formula is C22H36O4. The number of carbonyl (C=O) groups excluding carboxylic acids is 2. The van der Waals surface area contributed by atoms with Crippen LogP contribution in [0.15, 0.2) is 23.5 Å². The molecule has 0 aromatic rings. The number of hydrogen-bond donors (Lipinski definition) is 0. The average molecular weight is 365 g/mol. The Morgan fingerprint density at radius 2 is 1.73 bits per heavy atom. The highest BCUT2D eigenvalue weighted by molar-refractivity contribution is 5.94. The van der Waals surface area contributed by atoms with E-state index in [0.717, 1.165) is 6.42 Å². The third-order valence-electron chi connectivity index (χ3n) is 4.49. The molecule has 4 nitrogen and oxygen atoms in total. The van der Waals surface area contributed by atoms with Gasteiger partial charge in [0.15, 0.2) is 5.78 Å². The van der Waals surface area contributed by atoms with Gasteiger partial charge in [0, 0.05) is 5.57 Å². The topological polar surface area (TPSA) is 52.6 Å². The Hall–Kier alpha value is -1.58. The van der Waals surface area contributed by atoms with E-state index in [9.17, 15) is 9.59 Å². The van der Waals surface area contributed by atoms with Crippen LogP contribution >= 0.6 is 0 Å². The van der Waals surface area contributed by atoms with Gasteiger partial charge in [0.25, 0.3) is 0 Å². The van der Waals surface area contributed by atoms with Gasteiger partial charge in [-0.3, -0.25) is 4.79 Å². The number of Topliss-reactive ketones (excluding diaryl/α,β-unsaturated/α-hetero) is 1. The molecule has 1 aliphatic rings. The van der Waals surface area contributed by atoms with Crippen LogP contribution in [0.2, 0.25) is 0 Å². The Kier molecular flexibility index (Phi) is 7.26. The largest absolute Gasteiger partial charge is 0.514 e. The molecule has 26 heavy (non-hydrogen) atoms. The Morgan fingerprint density at radius 3 is 2.15 bits per heavy atom. The summed E-state index contributed by atoms with van der Waals surface area (Å²) in [6.45, 7) is 18.1. The van der Waals surface area contributed by atoms with Crippen molar-refractivity contribution < 1.29 is 19.1 Å². The molecule has 0 N–H and O–H groups in total. The normalized spacial score (nSPS) is 19.5. The Labute approximate surface area is 159 Å². The van der Waals surface area contributed by atoms with E-state index in [4.69, 9.17) is 9.47 Å². The van der Waals surface area contributed by atoms with Crippen LogP contribution in [0.1, 0.15) is 75.2 Å². The van der Waals surface area contributed by atoms with Crippen LogP contribution in [0.25, 0.3) is 0 Å². The average Bonchev–Trinajstić information content (AvgIpc) is 2.41. The van der Waals surface area contributed by atoms with Gasteiger partial charge in [-0.2, -0.15) is 0 Å².